The summed E-state index contributed by atoms with van der Waals surface area (Å²) < 4.78 is 10.2. The molecule has 0 fully saturated rings. The predicted octanol–water partition coefficient (Wildman–Crippen LogP) is 3.94. The molecule has 0 saturated carbocycles. The van der Waals surface area contributed by atoms with E-state index in [4.69, 9.17) is 15.0 Å². The summed E-state index contributed by atoms with van der Waals surface area (Å²) in [5.74, 6) is -1.24. The molecule has 0 saturated heterocycles. The summed E-state index contributed by atoms with van der Waals surface area (Å²) in [5, 5.41) is 3.64. The second kappa shape index (κ2) is 7.05. The summed E-state index contributed by atoms with van der Waals surface area (Å²) in [6, 6.07) is 15.2. The minimum absolute atomic E-state index is 0.0367. The number of para-hydroxylation sites is 2. The number of carbonyl (C=O) groups excluding carboxylic acids is 2. The Morgan fingerprint density at radius 1 is 1.11 bits per heavy atom. The summed E-state index contributed by atoms with van der Waals surface area (Å²) in [6.07, 6.45) is -1.04. The number of rotatable bonds is 3. The van der Waals surface area contributed by atoms with Crippen LogP contribution in [0.5, 0.6) is 0 Å². The number of nitrogen functional groups attached to an aromatic ring is 1. The van der Waals surface area contributed by atoms with Gasteiger partial charge in [0.05, 0.1) is 17.1 Å². The lowest BCUT2D eigenvalue weighted by Gasteiger charge is -2.32. The molecule has 2 aromatic carbocycles. The van der Waals surface area contributed by atoms with Crippen molar-refractivity contribution in [3.63, 3.8) is 0 Å². The molecule has 0 bridgehead atoms. The van der Waals surface area contributed by atoms with Crippen LogP contribution in [0.15, 0.2) is 62.8 Å². The number of carbonyl (C=O) groups is 2. The fraction of sp³-hybridized carbons (Fsp3) is 0.150. The van der Waals surface area contributed by atoms with E-state index < -0.39 is 12.1 Å². The lowest BCUT2D eigenvalue weighted by Crippen LogP contribution is -2.38. The number of anilines is 3. The third-order valence-electron chi connectivity index (χ3n) is 4.38. The number of ether oxygens (including phenoxy) is 1. The standard InChI is InChI=1S/C20H17N3O4S/c1-11-17(18(21)27-22-11)20(25)26-12(2)19(24)23-13-7-3-5-9-15(13)28-16-10-6-4-8-14(16)23/h3-10,12H,21H2,1-2H3/t12-/m0/s1. The smallest absolute Gasteiger partial charge is 0.346 e. The van der Waals surface area contributed by atoms with E-state index >= 15 is 0 Å². The average molecular weight is 395 g/mol. The largest absolute Gasteiger partial charge is 0.449 e. The van der Waals surface area contributed by atoms with Gasteiger partial charge in [-0.2, -0.15) is 0 Å². The van der Waals surface area contributed by atoms with E-state index in [0.29, 0.717) is 5.69 Å². The Labute approximate surface area is 165 Å². The first-order chi connectivity index (χ1) is 13.5. The van der Waals surface area contributed by atoms with E-state index in [0.717, 1.165) is 21.2 Å². The predicted molar refractivity (Wildman–Crippen MR) is 105 cm³/mol. The van der Waals surface area contributed by atoms with E-state index in [9.17, 15) is 9.59 Å². The Hall–Kier alpha value is -3.26. The van der Waals surface area contributed by atoms with Crippen LogP contribution in [-0.4, -0.2) is 23.1 Å². The van der Waals surface area contributed by atoms with E-state index in [2.05, 4.69) is 5.16 Å². The van der Waals surface area contributed by atoms with Gasteiger partial charge in [-0.05, 0) is 38.1 Å². The fourth-order valence-corrected chi connectivity index (χ4v) is 4.09. The second-order valence-corrected chi connectivity index (χ2v) is 7.35. The number of amides is 1. The highest BCUT2D eigenvalue weighted by molar-refractivity contribution is 7.99. The molecule has 1 aliphatic heterocycles. The summed E-state index contributed by atoms with van der Waals surface area (Å²) >= 11 is 1.59. The molecule has 4 rings (SSSR count). The molecule has 0 unspecified atom stereocenters. The first kappa shape index (κ1) is 18.1. The number of hydrogen-bond donors (Lipinski definition) is 1. The average Bonchev–Trinajstić information content (AvgIpc) is 3.03. The van der Waals surface area contributed by atoms with Crippen LogP contribution in [-0.2, 0) is 9.53 Å². The summed E-state index contributed by atoms with van der Waals surface area (Å²) in [6.45, 7) is 3.11. The maximum atomic E-state index is 13.3. The summed E-state index contributed by atoms with van der Waals surface area (Å²) in [5.41, 5.74) is 7.48. The number of nitrogens with two attached hydrogens (primary N) is 1. The molecular formula is C20H17N3O4S. The van der Waals surface area contributed by atoms with Gasteiger partial charge >= 0.3 is 5.97 Å². The Kier molecular flexibility index (Phi) is 4.56. The zero-order valence-electron chi connectivity index (χ0n) is 15.2. The van der Waals surface area contributed by atoms with Crippen molar-refractivity contribution in [1.82, 2.24) is 5.16 Å². The zero-order valence-corrected chi connectivity index (χ0v) is 16.0. The molecule has 0 radical (unpaired) electrons. The van der Waals surface area contributed by atoms with Crippen molar-refractivity contribution in [1.29, 1.82) is 0 Å². The molecule has 3 aromatic rings. The number of aryl methyl sites for hydroxylation is 1. The van der Waals surface area contributed by atoms with E-state index in [1.807, 2.05) is 48.5 Å². The van der Waals surface area contributed by atoms with Gasteiger partial charge in [-0.25, -0.2) is 4.79 Å². The van der Waals surface area contributed by atoms with Crippen LogP contribution in [0.4, 0.5) is 17.3 Å². The van der Waals surface area contributed by atoms with Gasteiger partial charge in [0, 0.05) is 9.79 Å². The summed E-state index contributed by atoms with van der Waals surface area (Å²) in [7, 11) is 0. The Balaban J connectivity index is 1.65. The first-order valence-corrected chi connectivity index (χ1v) is 9.41. The van der Waals surface area contributed by atoms with E-state index in [-0.39, 0.29) is 17.4 Å². The van der Waals surface area contributed by atoms with Crippen molar-refractivity contribution in [3.8, 4) is 0 Å². The molecular weight excluding hydrogens is 378 g/mol. The maximum Gasteiger partial charge on any atom is 0.346 e. The minimum Gasteiger partial charge on any atom is -0.449 e. The van der Waals surface area contributed by atoms with Gasteiger partial charge < -0.3 is 15.0 Å². The summed E-state index contributed by atoms with van der Waals surface area (Å²) in [4.78, 5) is 29.2. The molecule has 1 amide bonds. The quantitative estimate of drug-likeness (QED) is 0.671. The number of nitrogens with zero attached hydrogens (tertiary/aromatic N) is 2. The molecule has 8 heteroatoms. The molecule has 142 valence electrons. The van der Waals surface area contributed by atoms with Crippen molar-refractivity contribution in [2.24, 2.45) is 0 Å². The molecule has 0 spiro atoms. The molecule has 1 atom stereocenters. The van der Waals surface area contributed by atoms with Crippen molar-refractivity contribution >= 4 is 40.9 Å². The molecule has 7 nitrogen and oxygen atoms in total. The minimum atomic E-state index is -1.04. The Morgan fingerprint density at radius 2 is 1.68 bits per heavy atom. The van der Waals surface area contributed by atoms with Crippen LogP contribution in [0.1, 0.15) is 23.0 Å². The van der Waals surface area contributed by atoms with Crippen molar-refractivity contribution in [2.45, 2.75) is 29.7 Å². The van der Waals surface area contributed by atoms with Gasteiger partial charge in [0.1, 0.15) is 5.56 Å². The van der Waals surface area contributed by atoms with Crippen molar-refractivity contribution in [3.05, 3.63) is 59.8 Å². The van der Waals surface area contributed by atoms with Crippen molar-refractivity contribution in [2.75, 3.05) is 10.6 Å². The van der Waals surface area contributed by atoms with Crippen LogP contribution in [0.3, 0.4) is 0 Å². The third-order valence-corrected chi connectivity index (χ3v) is 5.51. The zero-order chi connectivity index (χ0) is 19.8. The SMILES string of the molecule is Cc1noc(N)c1C(=O)O[C@@H](C)C(=O)N1c2ccccc2Sc2ccccc21. The van der Waals surface area contributed by atoms with Crippen LogP contribution < -0.4 is 10.6 Å². The van der Waals surface area contributed by atoms with E-state index in [1.54, 1.807) is 23.6 Å². The number of aromatic nitrogens is 1. The Bertz CT molecular complexity index is 1010. The number of hydrogen-bond acceptors (Lipinski definition) is 7. The van der Waals surface area contributed by atoms with Gasteiger partial charge in [0.2, 0.25) is 5.88 Å². The molecule has 1 aliphatic rings. The van der Waals surface area contributed by atoms with E-state index in [1.165, 1.54) is 6.92 Å². The van der Waals surface area contributed by atoms with Gasteiger partial charge in [-0.1, -0.05) is 41.2 Å². The van der Waals surface area contributed by atoms with Gasteiger partial charge in [0.15, 0.2) is 6.10 Å². The Morgan fingerprint density at radius 3 is 2.21 bits per heavy atom. The topological polar surface area (TPSA) is 98.7 Å². The third kappa shape index (κ3) is 3.01. The lowest BCUT2D eigenvalue weighted by atomic mass is 10.2. The maximum absolute atomic E-state index is 13.3. The highest BCUT2D eigenvalue weighted by Gasteiger charge is 2.33. The normalized spacial score (nSPS) is 13.4. The molecule has 2 N–H and O–H groups in total. The fourth-order valence-electron chi connectivity index (χ4n) is 3.03. The monoisotopic (exact) mass is 395 g/mol. The number of esters is 1. The molecule has 2 heterocycles. The molecule has 28 heavy (non-hydrogen) atoms. The van der Waals surface area contributed by atoms with Crippen LogP contribution in [0.2, 0.25) is 0 Å². The number of fused-ring (bicyclic) bond motifs is 2. The van der Waals surface area contributed by atoms with Crippen LogP contribution >= 0.6 is 11.8 Å². The van der Waals surface area contributed by atoms with Crippen LogP contribution in [0, 0.1) is 6.92 Å². The first-order valence-electron chi connectivity index (χ1n) is 8.60. The second-order valence-electron chi connectivity index (χ2n) is 6.27. The van der Waals surface area contributed by atoms with Crippen LogP contribution in [0.25, 0.3) is 0 Å². The molecule has 1 aromatic heterocycles. The molecule has 0 aliphatic carbocycles. The van der Waals surface area contributed by atoms with Gasteiger partial charge in [0.25, 0.3) is 5.91 Å². The van der Waals surface area contributed by atoms with Gasteiger partial charge in [-0.15, -0.1) is 0 Å². The highest BCUT2D eigenvalue weighted by atomic mass is 32.2. The lowest BCUT2D eigenvalue weighted by molar-refractivity contribution is -0.125. The van der Waals surface area contributed by atoms with Gasteiger partial charge in [-0.3, -0.25) is 9.69 Å². The van der Waals surface area contributed by atoms with Crippen molar-refractivity contribution < 1.29 is 18.8 Å². The number of benzene rings is 2. The highest BCUT2D eigenvalue weighted by Crippen LogP contribution is 2.48.